The maximum Gasteiger partial charge on any atom is 0.287 e. The number of carbonyl (C=O) groups is 3. The molecule has 1 heterocycles. The number of anilines is 1. The fourth-order valence-corrected chi connectivity index (χ4v) is 2.38. The second kappa shape index (κ2) is 9.03. The molecule has 2 rings (SSSR count). The fourth-order valence-electron chi connectivity index (χ4n) is 2.07. The number of nitrogens with one attached hydrogen (secondary N) is 3. The van der Waals surface area contributed by atoms with Gasteiger partial charge in [-0.3, -0.25) is 14.4 Å². The van der Waals surface area contributed by atoms with Gasteiger partial charge in [0.15, 0.2) is 10.4 Å². The Morgan fingerprint density at radius 1 is 1.00 bits per heavy atom. The molecule has 7 nitrogen and oxygen atoms in total. The Kier molecular flexibility index (Phi) is 6.76. The zero-order valence-corrected chi connectivity index (χ0v) is 15.2. The van der Waals surface area contributed by atoms with Crippen LogP contribution in [0, 0.1) is 0 Å². The van der Waals surface area contributed by atoms with E-state index in [1.807, 2.05) is 25.1 Å². The molecule has 25 heavy (non-hydrogen) atoms. The van der Waals surface area contributed by atoms with Crippen LogP contribution in [0.4, 0.5) is 5.69 Å². The van der Waals surface area contributed by atoms with Crippen LogP contribution in [0.25, 0.3) is 0 Å². The molecule has 0 radical (unpaired) electrons. The topological polar surface area (TPSA) is 100 Å². The summed E-state index contributed by atoms with van der Waals surface area (Å²) in [5.74, 6) is -1.23. The van der Waals surface area contributed by atoms with E-state index in [-0.39, 0.29) is 24.8 Å². The van der Waals surface area contributed by atoms with Crippen molar-refractivity contribution in [2.45, 2.75) is 13.3 Å². The third-order valence-electron chi connectivity index (χ3n) is 3.32. The molecule has 8 heteroatoms. The van der Waals surface area contributed by atoms with Crippen molar-refractivity contribution in [2.24, 2.45) is 0 Å². The zero-order chi connectivity index (χ0) is 18.2. The molecule has 0 aliphatic heterocycles. The van der Waals surface area contributed by atoms with E-state index in [2.05, 4.69) is 31.9 Å². The lowest BCUT2D eigenvalue weighted by Crippen LogP contribution is -2.40. The standard InChI is InChI=1S/C17H18BrN3O4/c1-2-11-5-3-4-6-12(11)21-16(23)10-19-15(22)9-20-17(24)13-7-8-14(18)25-13/h3-8H,2,9-10H2,1H3,(H,19,22)(H,20,24)(H,21,23). The Hall–Kier alpha value is -2.61. The molecule has 0 saturated carbocycles. The molecule has 2 aromatic rings. The number of aryl methyl sites for hydroxylation is 1. The van der Waals surface area contributed by atoms with Crippen LogP contribution in [0.5, 0.6) is 0 Å². The molecule has 1 aromatic carbocycles. The number of carbonyl (C=O) groups excluding carboxylic acids is 3. The Morgan fingerprint density at radius 3 is 2.40 bits per heavy atom. The van der Waals surface area contributed by atoms with Gasteiger partial charge in [0.25, 0.3) is 5.91 Å². The lowest BCUT2D eigenvalue weighted by molar-refractivity contribution is -0.123. The highest BCUT2D eigenvalue weighted by Gasteiger charge is 2.12. The van der Waals surface area contributed by atoms with Crippen molar-refractivity contribution < 1.29 is 18.8 Å². The highest BCUT2D eigenvalue weighted by atomic mass is 79.9. The molecule has 0 unspecified atom stereocenters. The van der Waals surface area contributed by atoms with E-state index in [9.17, 15) is 14.4 Å². The van der Waals surface area contributed by atoms with Crippen molar-refractivity contribution in [1.29, 1.82) is 0 Å². The molecule has 132 valence electrons. The van der Waals surface area contributed by atoms with Gasteiger partial charge < -0.3 is 20.4 Å². The molecule has 0 fully saturated rings. The maximum atomic E-state index is 11.9. The predicted octanol–water partition coefficient (Wildman–Crippen LogP) is 2.09. The van der Waals surface area contributed by atoms with Crippen molar-refractivity contribution in [2.75, 3.05) is 18.4 Å². The number of hydrogen-bond acceptors (Lipinski definition) is 4. The summed E-state index contributed by atoms with van der Waals surface area (Å²) < 4.78 is 5.50. The lowest BCUT2D eigenvalue weighted by atomic mass is 10.1. The van der Waals surface area contributed by atoms with Crippen molar-refractivity contribution in [3.05, 3.63) is 52.4 Å². The molecule has 3 amide bonds. The lowest BCUT2D eigenvalue weighted by Gasteiger charge is -2.10. The Morgan fingerprint density at radius 2 is 1.72 bits per heavy atom. The number of para-hydroxylation sites is 1. The van der Waals surface area contributed by atoms with Crippen molar-refractivity contribution >= 4 is 39.3 Å². The second-order valence-corrected chi connectivity index (χ2v) is 5.90. The van der Waals surface area contributed by atoms with Crippen molar-refractivity contribution in [3.63, 3.8) is 0 Å². The van der Waals surface area contributed by atoms with Gasteiger partial charge in [0.05, 0.1) is 13.1 Å². The van der Waals surface area contributed by atoms with Crippen LogP contribution in [0.15, 0.2) is 45.5 Å². The highest BCUT2D eigenvalue weighted by molar-refractivity contribution is 9.10. The van der Waals surface area contributed by atoms with Crippen LogP contribution in [-0.4, -0.2) is 30.8 Å². The third kappa shape index (κ3) is 5.75. The average Bonchev–Trinajstić information content (AvgIpc) is 3.05. The summed E-state index contributed by atoms with van der Waals surface area (Å²) >= 11 is 3.09. The molecular formula is C17H18BrN3O4. The van der Waals surface area contributed by atoms with Gasteiger partial charge in [0.2, 0.25) is 11.8 Å². The molecule has 3 N–H and O–H groups in total. The van der Waals surface area contributed by atoms with E-state index in [0.717, 1.165) is 17.7 Å². The highest BCUT2D eigenvalue weighted by Crippen LogP contribution is 2.15. The first-order valence-corrected chi connectivity index (χ1v) is 8.47. The van der Waals surface area contributed by atoms with E-state index in [1.54, 1.807) is 12.1 Å². The largest absolute Gasteiger partial charge is 0.444 e. The molecule has 0 aliphatic carbocycles. The molecule has 0 bridgehead atoms. The van der Waals surface area contributed by atoms with Crippen molar-refractivity contribution in [1.82, 2.24) is 10.6 Å². The smallest absolute Gasteiger partial charge is 0.287 e. The summed E-state index contributed by atoms with van der Waals surface area (Å²) in [5.41, 5.74) is 1.74. The summed E-state index contributed by atoms with van der Waals surface area (Å²) in [4.78, 5) is 35.4. The van der Waals surface area contributed by atoms with Gasteiger partial charge in [-0.2, -0.15) is 0 Å². The Balaban J connectivity index is 1.74. The normalized spacial score (nSPS) is 10.2. The quantitative estimate of drug-likeness (QED) is 0.653. The number of amides is 3. The zero-order valence-electron chi connectivity index (χ0n) is 13.6. The van der Waals surface area contributed by atoms with Gasteiger partial charge in [0.1, 0.15) is 0 Å². The predicted molar refractivity (Wildman–Crippen MR) is 96.2 cm³/mol. The van der Waals surface area contributed by atoms with Gasteiger partial charge in [-0.05, 0) is 46.1 Å². The summed E-state index contributed by atoms with van der Waals surface area (Å²) in [6.07, 6.45) is 0.789. The minimum Gasteiger partial charge on any atom is -0.444 e. The van der Waals surface area contributed by atoms with Gasteiger partial charge >= 0.3 is 0 Å². The van der Waals surface area contributed by atoms with Crippen LogP contribution >= 0.6 is 15.9 Å². The number of benzene rings is 1. The van der Waals surface area contributed by atoms with E-state index < -0.39 is 11.8 Å². The van der Waals surface area contributed by atoms with Gasteiger partial charge in [-0.25, -0.2) is 0 Å². The molecular weight excluding hydrogens is 390 g/mol. The van der Waals surface area contributed by atoms with Crippen LogP contribution in [-0.2, 0) is 16.0 Å². The minimum atomic E-state index is -0.512. The second-order valence-electron chi connectivity index (χ2n) is 5.12. The summed E-state index contributed by atoms with van der Waals surface area (Å²) in [6, 6.07) is 10.5. The number of hydrogen-bond donors (Lipinski definition) is 3. The fraction of sp³-hybridized carbons (Fsp3) is 0.235. The van der Waals surface area contributed by atoms with Crippen LogP contribution < -0.4 is 16.0 Å². The average molecular weight is 408 g/mol. The molecule has 1 aromatic heterocycles. The minimum absolute atomic E-state index is 0.0913. The molecule has 0 saturated heterocycles. The van der Waals surface area contributed by atoms with E-state index in [1.165, 1.54) is 6.07 Å². The Labute approximate surface area is 153 Å². The monoisotopic (exact) mass is 407 g/mol. The van der Waals surface area contributed by atoms with Gasteiger partial charge in [-0.1, -0.05) is 25.1 Å². The van der Waals surface area contributed by atoms with Gasteiger partial charge in [0, 0.05) is 5.69 Å². The molecule has 0 spiro atoms. The first-order chi connectivity index (χ1) is 12.0. The van der Waals surface area contributed by atoms with Crippen LogP contribution in [0.2, 0.25) is 0 Å². The number of halogens is 1. The van der Waals surface area contributed by atoms with E-state index in [4.69, 9.17) is 4.42 Å². The van der Waals surface area contributed by atoms with E-state index >= 15 is 0 Å². The van der Waals surface area contributed by atoms with E-state index in [0.29, 0.717) is 4.67 Å². The van der Waals surface area contributed by atoms with Crippen LogP contribution in [0.1, 0.15) is 23.0 Å². The maximum absolute atomic E-state index is 11.9. The first-order valence-electron chi connectivity index (χ1n) is 7.67. The third-order valence-corrected chi connectivity index (χ3v) is 3.75. The van der Waals surface area contributed by atoms with Crippen LogP contribution in [0.3, 0.4) is 0 Å². The Bertz CT molecular complexity index is 773. The number of rotatable bonds is 7. The SMILES string of the molecule is CCc1ccccc1NC(=O)CNC(=O)CNC(=O)c1ccc(Br)o1. The summed E-state index contributed by atoms with van der Waals surface area (Å²) in [5, 5.41) is 7.60. The first kappa shape index (κ1) is 18.7. The number of furan rings is 1. The van der Waals surface area contributed by atoms with Crippen molar-refractivity contribution in [3.8, 4) is 0 Å². The summed E-state index contributed by atoms with van der Waals surface area (Å²) in [7, 11) is 0. The van der Waals surface area contributed by atoms with Gasteiger partial charge in [-0.15, -0.1) is 0 Å². The molecule has 0 atom stereocenters. The summed E-state index contributed by atoms with van der Waals surface area (Å²) in [6.45, 7) is 1.56. The molecule has 0 aliphatic rings.